The van der Waals surface area contributed by atoms with Gasteiger partial charge in [0.2, 0.25) is 5.91 Å². The lowest BCUT2D eigenvalue weighted by molar-refractivity contribution is -0.225. The molecule has 0 spiro atoms. The molecule has 48 heavy (non-hydrogen) atoms. The predicted octanol–water partition coefficient (Wildman–Crippen LogP) is 8.11. The summed E-state index contributed by atoms with van der Waals surface area (Å²) in [7, 11) is 5.65. The largest absolute Gasteiger partial charge is 0.465 e. The van der Waals surface area contributed by atoms with Crippen molar-refractivity contribution in [2.45, 2.75) is 106 Å². The molecule has 262 valence electrons. The number of fused-ring (bicyclic) bond motifs is 7. The molecule has 1 amide bonds. The Bertz CT molecular complexity index is 1470. The number of allylic oxidation sites excluding steroid dienone is 3. The van der Waals surface area contributed by atoms with E-state index in [-0.39, 0.29) is 33.0 Å². The van der Waals surface area contributed by atoms with E-state index < -0.39 is 0 Å². The average Bonchev–Trinajstić information content (AvgIpc) is 3.44. The molecule has 9 atom stereocenters. The lowest BCUT2D eigenvalue weighted by Crippen LogP contribution is -2.66. The van der Waals surface area contributed by atoms with Crippen LogP contribution in [0.25, 0.3) is 5.57 Å². The summed E-state index contributed by atoms with van der Waals surface area (Å²) in [5.41, 5.74) is 5.01. The zero-order chi connectivity index (χ0) is 34.9. The minimum Gasteiger partial charge on any atom is -0.465 e. The van der Waals surface area contributed by atoms with Crippen molar-refractivity contribution < 1.29 is 14.3 Å². The lowest BCUT2D eigenvalue weighted by Gasteiger charge is -2.72. The van der Waals surface area contributed by atoms with Crippen LogP contribution in [0.5, 0.6) is 0 Å². The van der Waals surface area contributed by atoms with Gasteiger partial charge in [0.25, 0.3) is 0 Å². The fourth-order valence-corrected chi connectivity index (χ4v) is 13.3. The average molecular weight is 655 g/mol. The number of carbonyl (C=O) groups is 2. The van der Waals surface area contributed by atoms with Crippen LogP contribution in [0.15, 0.2) is 42.5 Å². The highest BCUT2D eigenvalue weighted by Crippen LogP contribution is 2.77. The second-order valence-corrected chi connectivity index (χ2v) is 18.4. The van der Waals surface area contributed by atoms with Crippen molar-refractivity contribution in [3.63, 3.8) is 0 Å². The number of ether oxygens (including phenoxy) is 1. The van der Waals surface area contributed by atoms with Gasteiger partial charge in [0.1, 0.15) is 0 Å². The highest BCUT2D eigenvalue weighted by Gasteiger charge is 2.71. The van der Waals surface area contributed by atoms with Gasteiger partial charge in [0.05, 0.1) is 18.1 Å². The zero-order valence-electron chi connectivity index (χ0n) is 31.6. The van der Waals surface area contributed by atoms with Gasteiger partial charge in [-0.25, -0.2) is 4.79 Å². The van der Waals surface area contributed by atoms with Crippen molar-refractivity contribution in [2.75, 3.05) is 27.2 Å². The smallest absolute Gasteiger partial charge is 0.337 e. The molecule has 6 rings (SSSR count). The van der Waals surface area contributed by atoms with Gasteiger partial charge < -0.3 is 14.9 Å². The Morgan fingerprint density at radius 3 is 2.31 bits per heavy atom. The number of methoxy groups -OCH3 is 1. The van der Waals surface area contributed by atoms with E-state index in [0.29, 0.717) is 41.1 Å². The SMILES string of the molecule is BN(C)CCCNC(=O)[C@]12CC[C@@H](C(=C)C)[C@@H]1[C@H]1CC[C@@H]3[C@@]4(C)CC=C(c5ccc(C(=O)OC)cc5)C(C)(C)[C@@H]4CC[C@@]3(C)[C@]1(C)CC2. The Hall–Kier alpha value is -2.34. The number of benzene rings is 1. The quantitative estimate of drug-likeness (QED) is 0.133. The van der Waals surface area contributed by atoms with Crippen molar-refractivity contribution in [3.8, 4) is 0 Å². The number of amides is 1. The molecule has 1 N–H and O–H groups in total. The van der Waals surface area contributed by atoms with Gasteiger partial charge in [-0.05, 0) is 159 Å². The Morgan fingerprint density at radius 1 is 0.958 bits per heavy atom. The highest BCUT2D eigenvalue weighted by atomic mass is 16.5. The predicted molar refractivity (Wildman–Crippen MR) is 199 cm³/mol. The van der Waals surface area contributed by atoms with E-state index >= 15 is 0 Å². The van der Waals surface area contributed by atoms with Crippen LogP contribution in [-0.4, -0.2) is 51.9 Å². The minimum atomic E-state index is -0.283. The third kappa shape index (κ3) is 5.20. The van der Waals surface area contributed by atoms with Crippen LogP contribution in [0.1, 0.15) is 122 Å². The molecule has 0 bridgehead atoms. The molecular formula is C42H63BN2O3. The summed E-state index contributed by atoms with van der Waals surface area (Å²) in [6.45, 7) is 21.5. The molecule has 1 aromatic carbocycles. The van der Waals surface area contributed by atoms with E-state index in [4.69, 9.17) is 4.74 Å². The van der Waals surface area contributed by atoms with Crippen molar-refractivity contribution in [3.05, 3.63) is 53.6 Å². The highest BCUT2D eigenvalue weighted by molar-refractivity contribution is 6.04. The van der Waals surface area contributed by atoms with Gasteiger partial charge in [-0.1, -0.05) is 65.0 Å². The van der Waals surface area contributed by atoms with Crippen LogP contribution in [0.2, 0.25) is 0 Å². The van der Waals surface area contributed by atoms with Gasteiger partial charge in [-0.15, -0.1) is 0 Å². The third-order valence-electron chi connectivity index (χ3n) is 15.8. The minimum absolute atomic E-state index is 0.0295. The van der Waals surface area contributed by atoms with E-state index in [0.717, 1.165) is 51.6 Å². The van der Waals surface area contributed by atoms with Gasteiger partial charge in [0.15, 0.2) is 7.98 Å². The van der Waals surface area contributed by atoms with Crippen molar-refractivity contribution in [1.29, 1.82) is 0 Å². The summed E-state index contributed by atoms with van der Waals surface area (Å²) >= 11 is 0. The standard InChI is InChI=1S/C42H63BN2O3/c1-27(2)30-17-22-42(37(47)44-25-10-26-45(8)43)24-23-40(6)32(35(30)42)15-16-34-39(5)20-18-31(28-11-13-29(14-12-28)36(46)48-9)38(3,4)33(39)19-21-41(34,40)7/h11-14,18,30,32-35H,1,10,15-17,19-26,43H2,2-9H3,(H,44,47)/t30-,32+,33-,34+,35+,39-,40+,41+,42-/m0/s1. The molecule has 0 saturated heterocycles. The first kappa shape index (κ1) is 35.5. The molecule has 0 unspecified atom stereocenters. The maximum Gasteiger partial charge on any atom is 0.337 e. The molecule has 6 heteroatoms. The first-order chi connectivity index (χ1) is 22.6. The second kappa shape index (κ2) is 12.5. The zero-order valence-corrected chi connectivity index (χ0v) is 31.6. The summed E-state index contributed by atoms with van der Waals surface area (Å²) in [4.78, 5) is 28.6. The monoisotopic (exact) mass is 654 g/mol. The van der Waals surface area contributed by atoms with Crippen LogP contribution >= 0.6 is 0 Å². The Balaban J connectivity index is 1.30. The Labute approximate surface area is 292 Å². The molecule has 5 aliphatic carbocycles. The summed E-state index contributed by atoms with van der Waals surface area (Å²) in [6, 6.07) is 8.07. The molecule has 0 aliphatic heterocycles. The van der Waals surface area contributed by atoms with Crippen molar-refractivity contribution >= 4 is 25.4 Å². The Morgan fingerprint density at radius 2 is 1.67 bits per heavy atom. The van der Waals surface area contributed by atoms with E-state index in [2.05, 4.69) is 91.5 Å². The third-order valence-corrected chi connectivity index (χ3v) is 15.8. The summed E-state index contributed by atoms with van der Waals surface area (Å²) in [5, 5.41) is 3.46. The molecule has 0 aromatic heterocycles. The molecule has 0 heterocycles. The topological polar surface area (TPSA) is 58.6 Å². The molecule has 0 radical (unpaired) electrons. The van der Waals surface area contributed by atoms with Crippen LogP contribution < -0.4 is 5.32 Å². The lowest BCUT2D eigenvalue weighted by atomic mass is 9.32. The molecule has 1 aromatic rings. The van der Waals surface area contributed by atoms with Crippen LogP contribution in [0, 0.1) is 56.7 Å². The van der Waals surface area contributed by atoms with Crippen molar-refractivity contribution in [1.82, 2.24) is 10.1 Å². The van der Waals surface area contributed by atoms with Gasteiger partial charge >= 0.3 is 5.97 Å². The molecule has 5 nitrogen and oxygen atoms in total. The fraction of sp³-hybridized carbons (Fsp3) is 0.714. The van der Waals surface area contributed by atoms with E-state index in [1.807, 2.05) is 12.1 Å². The van der Waals surface area contributed by atoms with Crippen LogP contribution in [0.3, 0.4) is 0 Å². The van der Waals surface area contributed by atoms with E-state index in [9.17, 15) is 9.59 Å². The normalized spacial score (nSPS) is 39.7. The Kier molecular flexibility index (Phi) is 9.21. The molecule has 4 saturated carbocycles. The number of hydrogen-bond acceptors (Lipinski definition) is 4. The first-order valence-electron chi connectivity index (χ1n) is 19.0. The van der Waals surface area contributed by atoms with E-state index in [1.54, 1.807) is 0 Å². The maximum atomic E-state index is 14.3. The number of nitrogens with one attached hydrogen (secondary N) is 1. The first-order valence-corrected chi connectivity index (χ1v) is 19.0. The van der Waals surface area contributed by atoms with E-state index in [1.165, 1.54) is 49.5 Å². The molecular weight excluding hydrogens is 591 g/mol. The van der Waals surface area contributed by atoms with Gasteiger partial charge in [-0.3, -0.25) is 4.79 Å². The summed E-state index contributed by atoms with van der Waals surface area (Å²) < 4.78 is 4.96. The number of nitrogens with zero attached hydrogens (tertiary/aromatic N) is 1. The number of carbonyl (C=O) groups excluding carboxylic acids is 2. The molecule has 4 fully saturated rings. The van der Waals surface area contributed by atoms with Crippen LogP contribution in [-0.2, 0) is 9.53 Å². The molecule has 5 aliphatic rings. The van der Waals surface area contributed by atoms with Crippen LogP contribution in [0.4, 0.5) is 0 Å². The van der Waals surface area contributed by atoms with Gasteiger partial charge in [0, 0.05) is 6.54 Å². The number of hydrogen-bond donors (Lipinski definition) is 1. The second-order valence-electron chi connectivity index (χ2n) is 18.4. The number of esters is 1. The fourth-order valence-electron chi connectivity index (χ4n) is 13.3. The number of rotatable bonds is 8. The summed E-state index contributed by atoms with van der Waals surface area (Å²) in [5.74, 6) is 2.70. The van der Waals surface area contributed by atoms with Crippen molar-refractivity contribution in [2.24, 2.45) is 56.7 Å². The summed E-state index contributed by atoms with van der Waals surface area (Å²) in [6.07, 6.45) is 14.0. The maximum absolute atomic E-state index is 14.3. The van der Waals surface area contributed by atoms with Gasteiger partial charge in [-0.2, -0.15) is 0 Å².